The molecule has 1 aromatic heterocycles. The summed E-state index contributed by atoms with van der Waals surface area (Å²) in [6, 6.07) is 6.09. The fourth-order valence-electron chi connectivity index (χ4n) is 3.80. The Bertz CT molecular complexity index is 841. The van der Waals surface area contributed by atoms with Crippen LogP contribution in [0.2, 0.25) is 0 Å². The second-order valence-corrected chi connectivity index (χ2v) is 7.36. The Morgan fingerprint density at radius 1 is 1.29 bits per heavy atom. The zero-order valence-electron chi connectivity index (χ0n) is 15.8. The van der Waals surface area contributed by atoms with Gasteiger partial charge in [-0.25, -0.2) is 9.37 Å². The highest BCUT2D eigenvalue weighted by molar-refractivity contribution is 5.80. The van der Waals surface area contributed by atoms with Gasteiger partial charge in [-0.1, -0.05) is 6.07 Å². The van der Waals surface area contributed by atoms with Crippen LogP contribution in [0.4, 0.5) is 4.39 Å². The SMILES string of the molecule is CC1NNCC1C(=O)N1CCC(c2cncc(Oc3cccc(F)c3)n2)CC1. The maximum Gasteiger partial charge on any atom is 0.238 e. The summed E-state index contributed by atoms with van der Waals surface area (Å²) in [5.41, 5.74) is 7.00. The van der Waals surface area contributed by atoms with Gasteiger partial charge in [-0.05, 0) is 31.9 Å². The number of hydrogen-bond donors (Lipinski definition) is 2. The Kier molecular flexibility index (Phi) is 5.50. The predicted molar refractivity (Wildman–Crippen MR) is 101 cm³/mol. The summed E-state index contributed by atoms with van der Waals surface area (Å²) in [6.45, 7) is 4.12. The molecule has 28 heavy (non-hydrogen) atoms. The number of rotatable bonds is 4. The van der Waals surface area contributed by atoms with Crippen LogP contribution in [-0.4, -0.2) is 46.5 Å². The lowest BCUT2D eigenvalue weighted by molar-refractivity contribution is -0.136. The van der Waals surface area contributed by atoms with Crippen molar-refractivity contribution in [2.75, 3.05) is 19.6 Å². The number of amides is 1. The molecule has 2 fully saturated rings. The highest BCUT2D eigenvalue weighted by atomic mass is 19.1. The van der Waals surface area contributed by atoms with Crippen molar-refractivity contribution >= 4 is 5.91 Å². The molecule has 8 heteroatoms. The number of nitrogens with zero attached hydrogens (tertiary/aromatic N) is 3. The number of benzene rings is 1. The summed E-state index contributed by atoms with van der Waals surface area (Å²) >= 11 is 0. The lowest BCUT2D eigenvalue weighted by Crippen LogP contribution is -2.44. The number of nitrogens with one attached hydrogen (secondary N) is 2. The molecule has 3 heterocycles. The molecule has 2 saturated heterocycles. The third-order valence-corrected chi connectivity index (χ3v) is 5.45. The maximum atomic E-state index is 13.3. The molecule has 2 aliphatic heterocycles. The van der Waals surface area contributed by atoms with Crippen LogP contribution in [0.15, 0.2) is 36.7 Å². The number of halogens is 1. The molecule has 2 aliphatic rings. The van der Waals surface area contributed by atoms with Crippen LogP contribution in [0.3, 0.4) is 0 Å². The Labute approximate surface area is 163 Å². The lowest BCUT2D eigenvalue weighted by Gasteiger charge is -2.33. The first-order valence-corrected chi connectivity index (χ1v) is 9.62. The molecule has 4 rings (SSSR count). The highest BCUT2D eigenvalue weighted by Gasteiger charge is 2.34. The van der Waals surface area contributed by atoms with Crippen molar-refractivity contribution in [3.05, 3.63) is 48.2 Å². The molecule has 1 aromatic carbocycles. The Hall–Kier alpha value is -2.58. The number of likely N-dealkylation sites (tertiary alicyclic amines) is 1. The van der Waals surface area contributed by atoms with Crippen LogP contribution < -0.4 is 15.6 Å². The van der Waals surface area contributed by atoms with E-state index in [-0.39, 0.29) is 29.6 Å². The van der Waals surface area contributed by atoms with E-state index in [2.05, 4.69) is 20.8 Å². The van der Waals surface area contributed by atoms with Crippen molar-refractivity contribution < 1.29 is 13.9 Å². The zero-order valence-corrected chi connectivity index (χ0v) is 15.8. The quantitative estimate of drug-likeness (QED) is 0.840. The summed E-state index contributed by atoms with van der Waals surface area (Å²) in [4.78, 5) is 23.4. The van der Waals surface area contributed by atoms with Crippen LogP contribution in [-0.2, 0) is 4.79 Å². The first kappa shape index (κ1) is 18.8. The van der Waals surface area contributed by atoms with E-state index in [4.69, 9.17) is 4.74 Å². The van der Waals surface area contributed by atoms with Crippen molar-refractivity contribution in [3.63, 3.8) is 0 Å². The van der Waals surface area contributed by atoms with E-state index in [1.54, 1.807) is 18.3 Å². The molecule has 2 N–H and O–H groups in total. The van der Waals surface area contributed by atoms with Crippen LogP contribution in [0.1, 0.15) is 31.4 Å². The van der Waals surface area contributed by atoms with Crippen molar-refractivity contribution in [1.82, 2.24) is 25.7 Å². The van der Waals surface area contributed by atoms with E-state index in [1.807, 2.05) is 11.8 Å². The Morgan fingerprint density at radius 2 is 2.11 bits per heavy atom. The summed E-state index contributed by atoms with van der Waals surface area (Å²) in [6.07, 6.45) is 4.94. The van der Waals surface area contributed by atoms with E-state index in [0.29, 0.717) is 31.3 Å². The van der Waals surface area contributed by atoms with E-state index in [9.17, 15) is 9.18 Å². The molecule has 0 saturated carbocycles. The van der Waals surface area contributed by atoms with Crippen LogP contribution in [0.25, 0.3) is 0 Å². The van der Waals surface area contributed by atoms with Crippen molar-refractivity contribution in [2.24, 2.45) is 5.92 Å². The molecule has 148 valence electrons. The number of carbonyl (C=O) groups is 1. The van der Waals surface area contributed by atoms with E-state index in [1.165, 1.54) is 18.3 Å². The molecule has 1 amide bonds. The monoisotopic (exact) mass is 385 g/mol. The van der Waals surface area contributed by atoms with Gasteiger partial charge in [0.15, 0.2) is 0 Å². The van der Waals surface area contributed by atoms with Crippen molar-refractivity contribution in [2.45, 2.75) is 31.7 Å². The van der Waals surface area contributed by atoms with Gasteiger partial charge in [0.05, 0.1) is 17.8 Å². The van der Waals surface area contributed by atoms with Gasteiger partial charge >= 0.3 is 0 Å². The minimum atomic E-state index is -0.361. The fraction of sp³-hybridized carbons (Fsp3) is 0.450. The molecular weight excluding hydrogens is 361 g/mol. The first-order valence-electron chi connectivity index (χ1n) is 9.62. The number of hydrogen-bond acceptors (Lipinski definition) is 6. The van der Waals surface area contributed by atoms with E-state index in [0.717, 1.165) is 18.5 Å². The fourth-order valence-corrected chi connectivity index (χ4v) is 3.80. The molecule has 0 spiro atoms. The topological polar surface area (TPSA) is 79.4 Å². The molecule has 7 nitrogen and oxygen atoms in total. The number of piperidine rings is 1. The standard InChI is InChI=1S/C20H24FN5O2/c1-13-17(10-23-25-13)20(27)26-7-5-14(6-8-26)18-11-22-12-19(24-18)28-16-4-2-3-15(21)9-16/h2-4,9,11-14,17,23,25H,5-8,10H2,1H3. The third kappa shape index (κ3) is 4.13. The maximum absolute atomic E-state index is 13.3. The normalized spacial score (nSPS) is 23.0. The van der Waals surface area contributed by atoms with Gasteiger partial charge in [0.25, 0.3) is 0 Å². The molecule has 2 atom stereocenters. The average molecular weight is 385 g/mol. The molecule has 0 aliphatic carbocycles. The van der Waals surface area contributed by atoms with Crippen molar-refractivity contribution in [1.29, 1.82) is 0 Å². The van der Waals surface area contributed by atoms with Crippen LogP contribution >= 0.6 is 0 Å². The largest absolute Gasteiger partial charge is 0.437 e. The second-order valence-electron chi connectivity index (χ2n) is 7.36. The highest BCUT2D eigenvalue weighted by Crippen LogP contribution is 2.29. The molecule has 2 unspecified atom stereocenters. The zero-order chi connectivity index (χ0) is 19.5. The Morgan fingerprint density at radius 3 is 2.82 bits per heavy atom. The number of carbonyl (C=O) groups excluding carboxylic acids is 1. The van der Waals surface area contributed by atoms with E-state index < -0.39 is 0 Å². The lowest BCUT2D eigenvalue weighted by atomic mass is 9.92. The molecule has 2 aromatic rings. The van der Waals surface area contributed by atoms with Gasteiger partial charge in [0.1, 0.15) is 11.6 Å². The smallest absolute Gasteiger partial charge is 0.238 e. The molecule has 0 bridgehead atoms. The van der Waals surface area contributed by atoms with Crippen molar-refractivity contribution in [3.8, 4) is 11.6 Å². The van der Waals surface area contributed by atoms with Gasteiger partial charge < -0.3 is 9.64 Å². The molecular formula is C20H24FN5O2. The average Bonchev–Trinajstić information content (AvgIpc) is 3.14. The van der Waals surface area contributed by atoms with Gasteiger partial charge in [0, 0.05) is 43.9 Å². The summed E-state index contributed by atoms with van der Waals surface area (Å²) in [5, 5.41) is 0. The molecule has 0 radical (unpaired) electrons. The van der Waals surface area contributed by atoms with Gasteiger partial charge in [-0.3, -0.25) is 20.6 Å². The second kappa shape index (κ2) is 8.20. The van der Waals surface area contributed by atoms with Gasteiger partial charge in [-0.15, -0.1) is 0 Å². The summed E-state index contributed by atoms with van der Waals surface area (Å²) < 4.78 is 19.0. The number of hydrazine groups is 1. The van der Waals surface area contributed by atoms with Crippen LogP contribution in [0, 0.1) is 11.7 Å². The third-order valence-electron chi connectivity index (χ3n) is 5.45. The first-order chi connectivity index (χ1) is 13.6. The predicted octanol–water partition coefficient (Wildman–Crippen LogP) is 2.23. The van der Waals surface area contributed by atoms with Gasteiger partial charge in [-0.2, -0.15) is 0 Å². The number of ether oxygens (including phenoxy) is 1. The van der Waals surface area contributed by atoms with E-state index >= 15 is 0 Å². The minimum absolute atomic E-state index is 0.0145. The van der Waals surface area contributed by atoms with Gasteiger partial charge in [0.2, 0.25) is 11.8 Å². The number of aromatic nitrogens is 2. The van der Waals surface area contributed by atoms with Crippen LogP contribution in [0.5, 0.6) is 11.6 Å². The minimum Gasteiger partial charge on any atom is -0.437 e. The summed E-state index contributed by atoms with van der Waals surface area (Å²) in [5.74, 6) is 0.792. The Balaban J connectivity index is 1.37. The summed E-state index contributed by atoms with van der Waals surface area (Å²) in [7, 11) is 0.